The van der Waals surface area contributed by atoms with Crippen LogP contribution < -0.4 is 5.32 Å². The van der Waals surface area contributed by atoms with Gasteiger partial charge in [0, 0.05) is 31.4 Å². The summed E-state index contributed by atoms with van der Waals surface area (Å²) >= 11 is 2.56. The molecule has 0 aromatic carbocycles. The Hall–Kier alpha value is -0.0000000000000000555. The molecule has 3 nitrogen and oxygen atoms in total. The Balaban J connectivity index is 3.79. The predicted molar refractivity (Wildman–Crippen MR) is 59.1 cm³/mol. The molecule has 0 aliphatic rings. The fourth-order valence-corrected chi connectivity index (χ4v) is 2.54. The Morgan fingerprint density at radius 3 is 2.31 bits per heavy atom. The van der Waals surface area contributed by atoms with Crippen LogP contribution in [0.5, 0.6) is 0 Å². The van der Waals surface area contributed by atoms with Gasteiger partial charge >= 0.3 is 0 Å². The van der Waals surface area contributed by atoms with Crippen molar-refractivity contribution in [2.24, 2.45) is 0 Å². The molecule has 0 rings (SSSR count). The van der Waals surface area contributed by atoms with E-state index < -0.39 is 0 Å². The van der Waals surface area contributed by atoms with Crippen molar-refractivity contribution in [2.45, 2.75) is 19.1 Å². The molecule has 0 aliphatic heterocycles. The van der Waals surface area contributed by atoms with E-state index in [-0.39, 0.29) is 15.5 Å². The zero-order valence-corrected chi connectivity index (χ0v) is 9.76. The van der Waals surface area contributed by atoms with Gasteiger partial charge in [-0.25, -0.2) is 0 Å². The van der Waals surface area contributed by atoms with Crippen LogP contribution in [0.4, 0.5) is 0 Å². The molecule has 1 N–H and O–H groups in total. The third-order valence-corrected chi connectivity index (χ3v) is 3.42. The summed E-state index contributed by atoms with van der Waals surface area (Å²) < 4.78 is 0. The Morgan fingerprint density at radius 1 is 1.31 bits per heavy atom. The van der Waals surface area contributed by atoms with E-state index in [1.807, 2.05) is 7.05 Å². The molecule has 0 heterocycles. The van der Waals surface area contributed by atoms with Crippen LogP contribution in [0.1, 0.15) is 13.8 Å². The second kappa shape index (κ2) is 7.41. The minimum Gasteiger partial charge on any atom is -0.319 e. The first-order chi connectivity index (χ1) is 6.06. The Morgan fingerprint density at radius 2 is 1.92 bits per heavy atom. The summed E-state index contributed by atoms with van der Waals surface area (Å²) in [5.41, 5.74) is 0. The molecule has 0 radical (unpaired) electrons. The molecule has 0 saturated heterocycles. The van der Waals surface area contributed by atoms with Crippen LogP contribution in [-0.4, -0.2) is 34.8 Å². The van der Waals surface area contributed by atoms with Crippen LogP contribution >= 0.6 is 23.5 Å². The minimum absolute atomic E-state index is 0.101. The lowest BCUT2D eigenvalue weighted by Crippen LogP contribution is -2.24. The molecule has 0 bridgehead atoms. The van der Waals surface area contributed by atoms with Gasteiger partial charge in [0.05, 0.1) is 0 Å². The van der Waals surface area contributed by atoms with Gasteiger partial charge in [0.1, 0.15) is 0 Å². The number of hydrogen-bond donors (Lipinski definition) is 1. The molecule has 0 saturated carbocycles. The van der Waals surface area contributed by atoms with Crippen molar-refractivity contribution < 1.29 is 9.59 Å². The highest BCUT2D eigenvalue weighted by atomic mass is 32.2. The SMILES string of the molecule is CNCC(CSC(C)=O)SC(C)=O. The van der Waals surface area contributed by atoms with Crippen molar-refractivity contribution in [3.63, 3.8) is 0 Å². The van der Waals surface area contributed by atoms with Crippen LogP contribution in [0.25, 0.3) is 0 Å². The maximum absolute atomic E-state index is 10.8. The maximum atomic E-state index is 10.8. The van der Waals surface area contributed by atoms with Gasteiger partial charge in [-0.05, 0) is 7.05 Å². The Kier molecular flexibility index (Phi) is 7.41. The van der Waals surface area contributed by atoms with E-state index in [0.29, 0.717) is 5.75 Å². The van der Waals surface area contributed by atoms with Gasteiger partial charge in [-0.1, -0.05) is 23.5 Å². The number of rotatable bonds is 5. The van der Waals surface area contributed by atoms with E-state index in [4.69, 9.17) is 0 Å². The first-order valence-corrected chi connectivity index (χ1v) is 5.88. The van der Waals surface area contributed by atoms with Crippen LogP contribution in [0, 0.1) is 0 Å². The first kappa shape index (κ1) is 13.0. The minimum atomic E-state index is 0.101. The highest BCUT2D eigenvalue weighted by Gasteiger charge is 2.12. The highest BCUT2D eigenvalue weighted by molar-refractivity contribution is 8.17. The zero-order chi connectivity index (χ0) is 10.3. The number of carbonyl (C=O) groups excluding carboxylic acids is 2. The molecule has 0 fully saturated rings. The standard InChI is InChI=1S/C8H15NO2S2/c1-6(10)12-5-8(4-9-3)13-7(2)11/h8-9H,4-5H2,1-3H3. The van der Waals surface area contributed by atoms with Crippen molar-refractivity contribution in [3.05, 3.63) is 0 Å². The quantitative estimate of drug-likeness (QED) is 0.754. The number of thioether (sulfide) groups is 2. The summed E-state index contributed by atoms with van der Waals surface area (Å²) in [4.78, 5) is 21.5. The van der Waals surface area contributed by atoms with Crippen molar-refractivity contribution >= 4 is 33.8 Å². The summed E-state index contributed by atoms with van der Waals surface area (Å²) in [6, 6.07) is 0. The largest absolute Gasteiger partial charge is 0.319 e. The average molecular weight is 221 g/mol. The van der Waals surface area contributed by atoms with Gasteiger partial charge in [-0.3, -0.25) is 9.59 Å². The molecule has 76 valence electrons. The fraction of sp³-hybridized carbons (Fsp3) is 0.750. The molecular weight excluding hydrogens is 206 g/mol. The van der Waals surface area contributed by atoms with E-state index >= 15 is 0 Å². The molecule has 1 atom stereocenters. The van der Waals surface area contributed by atoms with Crippen molar-refractivity contribution in [3.8, 4) is 0 Å². The third kappa shape index (κ3) is 8.33. The molecule has 0 spiro atoms. The second-order valence-corrected chi connectivity index (χ2v) is 5.27. The molecule has 0 aromatic rings. The van der Waals surface area contributed by atoms with Crippen LogP contribution in [0.15, 0.2) is 0 Å². The monoisotopic (exact) mass is 221 g/mol. The van der Waals surface area contributed by atoms with Gasteiger partial charge in [0.25, 0.3) is 0 Å². The third-order valence-electron chi connectivity index (χ3n) is 1.24. The molecule has 0 aliphatic carbocycles. The van der Waals surface area contributed by atoms with Gasteiger partial charge < -0.3 is 5.32 Å². The molecule has 13 heavy (non-hydrogen) atoms. The summed E-state index contributed by atoms with van der Waals surface area (Å²) in [6.45, 7) is 3.84. The first-order valence-electron chi connectivity index (χ1n) is 4.01. The van der Waals surface area contributed by atoms with Gasteiger partial charge in [0.15, 0.2) is 10.2 Å². The highest BCUT2D eigenvalue weighted by Crippen LogP contribution is 2.16. The molecule has 0 amide bonds. The number of nitrogens with one attached hydrogen (secondary N) is 1. The van der Waals surface area contributed by atoms with Crippen LogP contribution in [-0.2, 0) is 9.59 Å². The van der Waals surface area contributed by atoms with Crippen LogP contribution in [0.2, 0.25) is 0 Å². The smallest absolute Gasteiger partial charge is 0.186 e. The van der Waals surface area contributed by atoms with Crippen molar-refractivity contribution in [2.75, 3.05) is 19.3 Å². The van der Waals surface area contributed by atoms with E-state index in [9.17, 15) is 9.59 Å². The molecular formula is C8H15NO2S2. The van der Waals surface area contributed by atoms with Gasteiger partial charge in [0.2, 0.25) is 0 Å². The molecule has 1 unspecified atom stereocenters. The van der Waals surface area contributed by atoms with E-state index in [1.165, 1.54) is 23.5 Å². The molecule has 5 heteroatoms. The van der Waals surface area contributed by atoms with E-state index in [1.54, 1.807) is 13.8 Å². The lowest BCUT2D eigenvalue weighted by molar-refractivity contribution is -0.110. The Labute approximate surface area is 87.4 Å². The topological polar surface area (TPSA) is 46.2 Å². The zero-order valence-electron chi connectivity index (χ0n) is 8.12. The normalized spacial score (nSPS) is 12.5. The van der Waals surface area contributed by atoms with Crippen molar-refractivity contribution in [1.82, 2.24) is 5.32 Å². The molecule has 0 aromatic heterocycles. The summed E-state index contributed by atoms with van der Waals surface area (Å²) in [5, 5.41) is 3.39. The summed E-state index contributed by atoms with van der Waals surface area (Å²) in [7, 11) is 1.84. The maximum Gasteiger partial charge on any atom is 0.186 e. The van der Waals surface area contributed by atoms with E-state index in [2.05, 4.69) is 5.32 Å². The van der Waals surface area contributed by atoms with Crippen molar-refractivity contribution in [1.29, 1.82) is 0 Å². The van der Waals surface area contributed by atoms with Crippen LogP contribution in [0.3, 0.4) is 0 Å². The van der Waals surface area contributed by atoms with Gasteiger partial charge in [-0.15, -0.1) is 0 Å². The van der Waals surface area contributed by atoms with E-state index in [0.717, 1.165) is 6.54 Å². The lowest BCUT2D eigenvalue weighted by atomic mass is 10.5. The predicted octanol–water partition coefficient (Wildman–Crippen LogP) is 1.13. The number of hydrogen-bond acceptors (Lipinski definition) is 5. The van der Waals surface area contributed by atoms with Gasteiger partial charge in [-0.2, -0.15) is 0 Å². The summed E-state index contributed by atoms with van der Waals surface area (Å²) in [6.07, 6.45) is 0. The average Bonchev–Trinajstić information content (AvgIpc) is 1.99. The Bertz CT molecular complexity index is 185. The second-order valence-electron chi connectivity index (χ2n) is 2.59. The number of carbonyl (C=O) groups is 2. The summed E-state index contributed by atoms with van der Waals surface area (Å²) in [5.74, 6) is 0.695. The fourth-order valence-electron chi connectivity index (χ4n) is 0.807. The lowest BCUT2D eigenvalue weighted by Gasteiger charge is -2.12.